The van der Waals surface area contributed by atoms with Crippen molar-refractivity contribution in [2.75, 3.05) is 11.5 Å². The molecule has 6 heteroatoms. The van der Waals surface area contributed by atoms with Gasteiger partial charge in [-0.2, -0.15) is 0 Å². The molecule has 0 saturated carbocycles. The van der Waals surface area contributed by atoms with E-state index in [9.17, 15) is 0 Å². The van der Waals surface area contributed by atoms with Crippen molar-refractivity contribution in [2.45, 2.75) is 75.0 Å². The lowest BCUT2D eigenvalue weighted by atomic mass is 10.2. The first-order chi connectivity index (χ1) is 13.6. The highest BCUT2D eigenvalue weighted by atomic mass is 79.9. The molecule has 0 aliphatic rings. The second-order valence-electron chi connectivity index (χ2n) is 6.71. The molecule has 2 heterocycles. The Bertz CT molecular complexity index is 658. The van der Waals surface area contributed by atoms with E-state index in [1.54, 1.807) is 0 Å². The number of halogens is 2. The maximum absolute atomic E-state index is 3.68. The molecule has 0 atom stereocenters. The van der Waals surface area contributed by atoms with Crippen LogP contribution in [0.2, 0.25) is 0 Å². The third kappa shape index (κ3) is 9.30. The highest BCUT2D eigenvalue weighted by Gasteiger charge is 2.09. The van der Waals surface area contributed by atoms with Crippen LogP contribution >= 0.6 is 78.1 Å². The summed E-state index contributed by atoms with van der Waals surface area (Å²) >= 11 is 15.0. The third-order valence-electron chi connectivity index (χ3n) is 4.29. The molecule has 2 aromatic heterocycles. The minimum atomic E-state index is 1.22. The maximum atomic E-state index is 3.68. The van der Waals surface area contributed by atoms with Crippen molar-refractivity contribution in [3.05, 3.63) is 29.5 Å². The summed E-state index contributed by atoms with van der Waals surface area (Å²) in [6.07, 6.45) is 15.3. The summed E-state index contributed by atoms with van der Waals surface area (Å²) in [5.41, 5.74) is 0. The van der Waals surface area contributed by atoms with E-state index in [-0.39, 0.29) is 0 Å². The lowest BCUT2D eigenvalue weighted by Gasteiger charge is -2.02. The molecule has 0 bridgehead atoms. The standard InChI is InChI=1S/C22H30Br2S4/c1-3-5-7-9-13-25-19-15-21(23)27-17(19)11-12-18-20(16-22(24)28-18)26-14-10-8-6-4-2/h11-12,15-16H,3-10,13-14H2,1-2H3/b12-11+. The van der Waals surface area contributed by atoms with Crippen LogP contribution in [0.4, 0.5) is 0 Å². The minimum absolute atomic E-state index is 1.22. The molecular weight excluding hydrogens is 552 g/mol. The van der Waals surface area contributed by atoms with Gasteiger partial charge in [0.25, 0.3) is 0 Å². The summed E-state index contributed by atoms with van der Waals surface area (Å²) in [6.45, 7) is 4.54. The van der Waals surface area contributed by atoms with E-state index in [0.717, 1.165) is 0 Å². The van der Waals surface area contributed by atoms with E-state index < -0.39 is 0 Å². The van der Waals surface area contributed by atoms with Crippen LogP contribution in [0.5, 0.6) is 0 Å². The maximum Gasteiger partial charge on any atom is 0.0716 e. The molecule has 0 aliphatic heterocycles. The van der Waals surface area contributed by atoms with Gasteiger partial charge in [-0.05, 0) is 80.5 Å². The molecule has 0 saturated heterocycles. The molecule has 2 rings (SSSR count). The summed E-state index contributed by atoms with van der Waals surface area (Å²) < 4.78 is 2.45. The number of hydrogen-bond donors (Lipinski definition) is 0. The van der Waals surface area contributed by atoms with Crippen LogP contribution < -0.4 is 0 Å². The second-order valence-corrected chi connectivity index (χ2v) is 13.9. The van der Waals surface area contributed by atoms with Crippen molar-refractivity contribution in [2.24, 2.45) is 0 Å². The van der Waals surface area contributed by atoms with Gasteiger partial charge in [0, 0.05) is 19.5 Å². The largest absolute Gasteiger partial charge is 0.128 e. The van der Waals surface area contributed by atoms with Gasteiger partial charge in [0.15, 0.2) is 0 Å². The van der Waals surface area contributed by atoms with E-state index in [2.05, 4.69) is 70.0 Å². The van der Waals surface area contributed by atoms with E-state index in [1.165, 1.54) is 90.0 Å². The molecule has 0 N–H and O–H groups in total. The highest BCUT2D eigenvalue weighted by molar-refractivity contribution is 9.11. The van der Waals surface area contributed by atoms with Gasteiger partial charge in [-0.15, -0.1) is 46.2 Å². The first-order valence-corrected chi connectivity index (χ1v) is 15.3. The quantitative estimate of drug-likeness (QED) is 0.161. The predicted molar refractivity (Wildman–Crippen MR) is 143 cm³/mol. The summed E-state index contributed by atoms with van der Waals surface area (Å²) in [5.74, 6) is 2.43. The number of thiophene rings is 2. The number of hydrogen-bond acceptors (Lipinski definition) is 4. The summed E-state index contributed by atoms with van der Waals surface area (Å²) in [7, 11) is 0. The van der Waals surface area contributed by atoms with Crippen LogP contribution in [-0.4, -0.2) is 11.5 Å². The Kier molecular flexibility index (Phi) is 13.2. The van der Waals surface area contributed by atoms with Gasteiger partial charge < -0.3 is 0 Å². The first kappa shape index (κ1) is 25.1. The second kappa shape index (κ2) is 14.7. The lowest BCUT2D eigenvalue weighted by Crippen LogP contribution is -1.81. The van der Waals surface area contributed by atoms with Gasteiger partial charge in [-0.3, -0.25) is 0 Å². The number of thioether (sulfide) groups is 2. The molecule has 2 aromatic rings. The normalized spacial score (nSPS) is 11.7. The molecule has 156 valence electrons. The average molecular weight is 583 g/mol. The van der Waals surface area contributed by atoms with Crippen LogP contribution in [0, 0.1) is 0 Å². The van der Waals surface area contributed by atoms with Crippen molar-refractivity contribution in [1.29, 1.82) is 0 Å². The topological polar surface area (TPSA) is 0 Å². The van der Waals surface area contributed by atoms with Gasteiger partial charge >= 0.3 is 0 Å². The van der Waals surface area contributed by atoms with Crippen LogP contribution in [0.25, 0.3) is 12.2 Å². The zero-order valence-electron chi connectivity index (χ0n) is 16.8. The van der Waals surface area contributed by atoms with Gasteiger partial charge in [-0.25, -0.2) is 0 Å². The summed E-state index contributed by atoms with van der Waals surface area (Å²) in [5, 5.41) is 0. The molecule has 0 fully saturated rings. The van der Waals surface area contributed by atoms with Gasteiger partial charge in [0.2, 0.25) is 0 Å². The monoisotopic (exact) mass is 580 g/mol. The van der Waals surface area contributed by atoms with Crippen molar-refractivity contribution in [3.63, 3.8) is 0 Å². The SMILES string of the molecule is CCCCCCSc1cc(Br)sc1/C=C/c1sc(Br)cc1SCCCCCC. The van der Waals surface area contributed by atoms with Crippen molar-refractivity contribution in [1.82, 2.24) is 0 Å². The molecule has 28 heavy (non-hydrogen) atoms. The molecule has 0 aromatic carbocycles. The number of unbranched alkanes of at least 4 members (excludes halogenated alkanes) is 6. The zero-order valence-corrected chi connectivity index (χ0v) is 23.2. The smallest absolute Gasteiger partial charge is 0.0716 e. The molecule has 0 unspecified atom stereocenters. The minimum Gasteiger partial charge on any atom is -0.128 e. The Morgan fingerprint density at radius 3 is 1.54 bits per heavy atom. The Labute approximate surface area is 204 Å². The van der Waals surface area contributed by atoms with Crippen LogP contribution in [-0.2, 0) is 0 Å². The fourth-order valence-corrected chi connectivity index (χ4v) is 8.63. The van der Waals surface area contributed by atoms with E-state index in [0.29, 0.717) is 0 Å². The van der Waals surface area contributed by atoms with Crippen LogP contribution in [0.1, 0.15) is 75.0 Å². The van der Waals surface area contributed by atoms with Crippen LogP contribution in [0.15, 0.2) is 29.5 Å². The first-order valence-electron chi connectivity index (χ1n) is 10.2. The number of rotatable bonds is 14. The fourth-order valence-electron chi connectivity index (χ4n) is 2.75. The molecule has 0 aliphatic carbocycles. The molecule has 0 nitrogen and oxygen atoms in total. The molecule has 0 radical (unpaired) electrons. The molecule has 0 amide bonds. The summed E-state index contributed by atoms with van der Waals surface area (Å²) in [6, 6.07) is 4.56. The Hall–Kier alpha value is 0.800. The molecular formula is C22H30Br2S4. The zero-order chi connectivity index (χ0) is 20.2. The van der Waals surface area contributed by atoms with E-state index >= 15 is 0 Å². The van der Waals surface area contributed by atoms with Gasteiger partial charge in [0.1, 0.15) is 0 Å². The van der Waals surface area contributed by atoms with Gasteiger partial charge in [0.05, 0.1) is 7.57 Å². The lowest BCUT2D eigenvalue weighted by molar-refractivity contribution is 0.706. The van der Waals surface area contributed by atoms with E-state index in [1.807, 2.05) is 46.2 Å². The Balaban J connectivity index is 1.95. The van der Waals surface area contributed by atoms with Crippen molar-refractivity contribution < 1.29 is 0 Å². The van der Waals surface area contributed by atoms with Crippen molar-refractivity contribution >= 4 is 90.2 Å². The fraction of sp³-hybridized carbons (Fsp3) is 0.545. The molecule has 0 spiro atoms. The van der Waals surface area contributed by atoms with Gasteiger partial charge in [-0.1, -0.05) is 52.4 Å². The van der Waals surface area contributed by atoms with Crippen LogP contribution in [0.3, 0.4) is 0 Å². The average Bonchev–Trinajstić information content (AvgIpc) is 3.21. The van der Waals surface area contributed by atoms with Crippen molar-refractivity contribution in [3.8, 4) is 0 Å². The summed E-state index contributed by atoms with van der Waals surface area (Å²) in [4.78, 5) is 5.56. The predicted octanol–water partition coefficient (Wildman–Crippen LogP) is 10.8. The Morgan fingerprint density at radius 1 is 0.714 bits per heavy atom. The Morgan fingerprint density at radius 2 is 1.14 bits per heavy atom. The van der Waals surface area contributed by atoms with E-state index in [4.69, 9.17) is 0 Å². The highest BCUT2D eigenvalue weighted by Crippen LogP contribution is 2.39. The third-order valence-corrected chi connectivity index (χ3v) is 10.0.